The zero-order valence-corrected chi connectivity index (χ0v) is 77.7. The Morgan fingerprint density at radius 1 is 0.389 bits per heavy atom. The zero-order chi connectivity index (χ0) is 90.1. The second-order valence-electron chi connectivity index (χ2n) is 26.9. The van der Waals surface area contributed by atoms with E-state index in [1.54, 1.807) is 168 Å². The number of halogens is 7. The average Bonchev–Trinajstić information content (AvgIpc) is 1.52. The molecule has 0 spiro atoms. The van der Waals surface area contributed by atoms with E-state index in [-0.39, 0.29) is 31.6 Å². The molecule has 0 atom stereocenters. The van der Waals surface area contributed by atoms with Gasteiger partial charge >= 0.3 is 14.2 Å². The number of nitrogens with zero attached hydrogens (tertiary/aromatic N) is 11. The second kappa shape index (κ2) is 40.6. The number of aromatic nitrogens is 12. The molecule has 0 amide bonds. The first-order valence-corrected chi connectivity index (χ1v) is 47.1. The van der Waals surface area contributed by atoms with E-state index >= 15 is 0 Å². The quantitative estimate of drug-likeness (QED) is 0.0529. The van der Waals surface area contributed by atoms with Crippen molar-refractivity contribution >= 4 is 219 Å². The van der Waals surface area contributed by atoms with Crippen LogP contribution < -0.4 is 29.9 Å². The summed E-state index contributed by atoms with van der Waals surface area (Å²) in [6.45, 7) is 5.67. The van der Waals surface area contributed by atoms with Crippen LogP contribution in [0.15, 0.2) is 264 Å². The lowest BCUT2D eigenvalue weighted by Crippen LogP contribution is -2.30. The first-order chi connectivity index (χ1) is 60.4. The number of nitrogens with one attached hydrogen (secondary N) is 1. The van der Waals surface area contributed by atoms with Gasteiger partial charge < -0.3 is 39.0 Å². The van der Waals surface area contributed by atoms with Gasteiger partial charge in [-0.2, -0.15) is 74.6 Å². The van der Waals surface area contributed by atoms with Crippen molar-refractivity contribution in [1.82, 2.24) is 57.7 Å². The SMILES string of the molecule is COc1cc(Cl)ccc1-c1[nH]nc2nccc(-c3ccsc3)c12.COc1cc(Cl)ccc1-c1nn(S(=O)(=O)c2ccc(C)cc2)c2nccc(-c3ccsc3)c12.COc1cc(Cl)ccc1-c1nn(S(=O)(=O)c2ccc(C)cc2)c2nccc(Cl)c12.COc1cc(Cl)ccc1B(O)O.Cc1ccc(S(=O)(=O)n2nc(Br)c3c(Cl)ccnc32)cc1.OB(O)c1ccsc1. The van der Waals surface area contributed by atoms with E-state index in [4.69, 9.17) is 109 Å². The van der Waals surface area contributed by atoms with Gasteiger partial charge in [0.2, 0.25) is 0 Å². The summed E-state index contributed by atoms with van der Waals surface area (Å²) in [5.41, 5.74) is 12.8. The molecule has 126 heavy (non-hydrogen) atoms. The number of H-pyrrole nitrogens is 1. The summed E-state index contributed by atoms with van der Waals surface area (Å²) in [6.07, 6.45) is 6.26. The molecule has 0 aliphatic carbocycles. The Morgan fingerprint density at radius 3 is 1.18 bits per heavy atom. The molecule has 18 aromatic rings. The van der Waals surface area contributed by atoms with Crippen molar-refractivity contribution in [3.8, 4) is 79.0 Å². The van der Waals surface area contributed by atoms with Crippen LogP contribution in [-0.4, -0.2) is 146 Å². The van der Waals surface area contributed by atoms with E-state index in [0.29, 0.717) is 113 Å². The number of ether oxygens (including phenoxy) is 4. The summed E-state index contributed by atoms with van der Waals surface area (Å²) in [7, 11) is -8.55. The third-order valence-corrected chi connectivity index (χ3v) is 27.7. The molecule has 41 heteroatoms. The largest absolute Gasteiger partial charge is 0.497 e. The third kappa shape index (κ3) is 20.3. The van der Waals surface area contributed by atoms with Gasteiger partial charge in [-0.25, -0.2) is 19.9 Å². The lowest BCUT2D eigenvalue weighted by atomic mass is 9.79. The number of aryl methyl sites for hydroxylation is 3. The minimum absolute atomic E-state index is 0.101. The predicted molar refractivity (Wildman–Crippen MR) is 505 cm³/mol. The highest BCUT2D eigenvalue weighted by molar-refractivity contribution is 9.10. The molecule has 642 valence electrons. The second-order valence-corrected chi connectivity index (χ2v) is 37.9. The molecule has 0 fully saturated rings. The van der Waals surface area contributed by atoms with Gasteiger partial charge in [-0.15, -0.1) is 17.4 Å². The van der Waals surface area contributed by atoms with E-state index < -0.39 is 44.3 Å². The zero-order valence-electron chi connectivity index (χ0n) is 66.7. The molecule has 0 aliphatic heterocycles. The van der Waals surface area contributed by atoms with Crippen molar-refractivity contribution in [2.75, 3.05) is 28.4 Å². The number of rotatable bonds is 17. The number of methoxy groups -OCH3 is 4. The Hall–Kier alpha value is -10.6. The van der Waals surface area contributed by atoms with Gasteiger partial charge in [0.05, 0.1) is 80.4 Å². The van der Waals surface area contributed by atoms with E-state index in [9.17, 15) is 25.3 Å². The molecule has 0 radical (unpaired) electrons. The van der Waals surface area contributed by atoms with Crippen LogP contribution in [-0.2, 0) is 30.1 Å². The lowest BCUT2D eigenvalue weighted by molar-refractivity contribution is 0.403. The molecule has 11 heterocycles. The predicted octanol–water partition coefficient (Wildman–Crippen LogP) is 18.9. The number of aromatic amines is 1. The van der Waals surface area contributed by atoms with Crippen LogP contribution in [0, 0.1) is 20.8 Å². The summed E-state index contributed by atoms with van der Waals surface area (Å²) in [6, 6.07) is 52.8. The molecule has 11 aromatic heterocycles. The van der Waals surface area contributed by atoms with Gasteiger partial charge in [0, 0.05) is 67.0 Å². The number of hydrogen-bond donors (Lipinski definition) is 5. The highest BCUT2D eigenvalue weighted by atomic mass is 79.9. The highest BCUT2D eigenvalue weighted by Crippen LogP contribution is 2.44. The molecule has 0 bridgehead atoms. The molecule has 0 aliphatic rings. The summed E-state index contributed by atoms with van der Waals surface area (Å²) in [5, 5.41) is 72.0. The van der Waals surface area contributed by atoms with Crippen LogP contribution in [0.1, 0.15) is 16.7 Å². The standard InChI is InChI=1S/C24H18ClN3O3S2.C20H15Cl2N3O3S.C17H12ClN3OS.C13H9BrClN3O2S.C7H8BClO3.C4H5BO2S/c1-15-3-6-18(7-4-15)33(29,30)28-24-22(19(9-11-26-24)16-10-12-32-14-16)23(27-28)20-8-5-17(25)13-21(20)31-2;1-12-3-6-14(7-4-12)29(26,27)25-20-18(16(22)9-10-23-20)19(24-25)15-8-5-13(21)11-17(15)28-2;1-22-14-8-11(18)2-3-13(14)16-15-12(10-5-7-23-9-10)4-6-19-17(15)21-20-16;1-8-2-4-9(5-3-8)21(19,20)18-13-11(12(14)17-18)10(15)6-7-16-13;1-12-7-4-5(9)2-3-6(7)8(10)11;6-5(7)4-1-2-8-3-4/h3-14H,1-2H3;3-11H,1-2H3;2-9H,1H3,(H,19,20,21);2-7H,1H3;2-4,10-11H,1H3;1-3,6-7H. The number of thiophene rings is 3. The van der Waals surface area contributed by atoms with Crippen LogP contribution in [0.25, 0.3) is 100 Å². The normalized spacial score (nSPS) is 11.3. The van der Waals surface area contributed by atoms with Crippen LogP contribution in [0.4, 0.5) is 0 Å². The van der Waals surface area contributed by atoms with E-state index in [1.807, 2.05) is 61.9 Å². The van der Waals surface area contributed by atoms with Gasteiger partial charge in [-0.3, -0.25) is 5.10 Å². The molecule has 5 N–H and O–H groups in total. The Labute approximate surface area is 773 Å². The van der Waals surface area contributed by atoms with Crippen molar-refractivity contribution < 1.29 is 64.3 Å². The van der Waals surface area contributed by atoms with Gasteiger partial charge in [-0.1, -0.05) is 135 Å². The average molecular weight is 1990 g/mol. The summed E-state index contributed by atoms with van der Waals surface area (Å²) in [4.78, 5) is 17.5. The van der Waals surface area contributed by atoms with Gasteiger partial charge in [0.1, 0.15) is 39.0 Å². The molecular weight excluding hydrogens is 1920 g/mol. The molecule has 0 unspecified atom stereocenters. The van der Waals surface area contributed by atoms with E-state index in [1.165, 1.54) is 81.5 Å². The van der Waals surface area contributed by atoms with E-state index in [2.05, 4.69) is 78.2 Å². The molecule has 26 nitrogen and oxygen atoms in total. The van der Waals surface area contributed by atoms with Crippen LogP contribution >= 0.6 is 120 Å². The van der Waals surface area contributed by atoms with Gasteiger partial charge in [0.15, 0.2) is 22.6 Å². The summed E-state index contributed by atoms with van der Waals surface area (Å²) >= 11 is 44.3. The maximum Gasteiger partial charge on any atom is 0.492 e. The van der Waals surface area contributed by atoms with Crippen molar-refractivity contribution in [3.05, 3.63) is 297 Å². The van der Waals surface area contributed by atoms with Crippen molar-refractivity contribution in [3.63, 3.8) is 0 Å². The Bertz CT molecular complexity index is 7320. The molecule has 0 saturated carbocycles. The monoisotopic (exact) mass is 1980 g/mol. The Balaban J connectivity index is 0.000000135. The smallest absolute Gasteiger partial charge is 0.492 e. The molecule has 7 aromatic carbocycles. The molecular formula is C85H67B2BrCl6N12O14S6. The Morgan fingerprint density at radius 2 is 0.762 bits per heavy atom. The molecule has 18 rings (SSSR count). The Kier molecular flexibility index (Phi) is 29.9. The maximum absolute atomic E-state index is 13.6. The number of fused-ring (bicyclic) bond motifs is 4. The van der Waals surface area contributed by atoms with Crippen molar-refractivity contribution in [2.45, 2.75) is 35.5 Å². The number of benzene rings is 7. The third-order valence-electron chi connectivity index (χ3n) is 18.8. The van der Waals surface area contributed by atoms with Crippen LogP contribution in [0.2, 0.25) is 30.1 Å². The first kappa shape index (κ1) is 93.0. The van der Waals surface area contributed by atoms with E-state index in [0.717, 1.165) is 67.8 Å². The van der Waals surface area contributed by atoms with Crippen molar-refractivity contribution in [2.24, 2.45) is 0 Å². The number of pyridine rings is 4. The van der Waals surface area contributed by atoms with Crippen LogP contribution in [0.3, 0.4) is 0 Å². The first-order valence-electron chi connectivity index (χ1n) is 36.9. The van der Waals surface area contributed by atoms with Crippen LogP contribution in [0.5, 0.6) is 23.0 Å². The minimum Gasteiger partial charge on any atom is -0.497 e. The fraction of sp³-hybridized carbons (Fsp3) is 0.0824. The fourth-order valence-corrected chi connectivity index (χ4v) is 20.2. The lowest BCUT2D eigenvalue weighted by Gasteiger charge is -2.09. The number of hydrogen-bond acceptors (Lipinski definition) is 25. The maximum atomic E-state index is 13.6. The van der Waals surface area contributed by atoms with Crippen molar-refractivity contribution in [1.29, 1.82) is 0 Å². The summed E-state index contributed by atoms with van der Waals surface area (Å²) in [5.74, 6) is 2.00. The minimum atomic E-state index is -4.00. The molecule has 0 saturated heterocycles. The fourth-order valence-electron chi connectivity index (χ4n) is 12.6. The highest BCUT2D eigenvalue weighted by Gasteiger charge is 2.32. The van der Waals surface area contributed by atoms with Gasteiger partial charge in [-0.05, 0) is 236 Å². The summed E-state index contributed by atoms with van der Waals surface area (Å²) < 4.78 is 104. The van der Waals surface area contributed by atoms with Gasteiger partial charge in [0.25, 0.3) is 30.1 Å². The topological polar surface area (TPSA) is 354 Å².